The van der Waals surface area contributed by atoms with Gasteiger partial charge in [-0.3, -0.25) is 4.79 Å². The first kappa shape index (κ1) is 15.6. The number of hydrogen-bond donors (Lipinski definition) is 1. The molecule has 0 atom stereocenters. The second kappa shape index (κ2) is 6.84. The van der Waals surface area contributed by atoms with Crippen LogP contribution in [0.4, 0.5) is 0 Å². The highest BCUT2D eigenvalue weighted by Crippen LogP contribution is 2.22. The Kier molecular flexibility index (Phi) is 4.63. The SMILES string of the molecule is COc1ccc2cc(CNC(=O)c3cccc(Br)c3)ccc2c1. The van der Waals surface area contributed by atoms with Gasteiger partial charge in [-0.2, -0.15) is 0 Å². The minimum absolute atomic E-state index is 0.0823. The highest BCUT2D eigenvalue weighted by Gasteiger charge is 2.06. The summed E-state index contributed by atoms with van der Waals surface area (Å²) >= 11 is 3.38. The summed E-state index contributed by atoms with van der Waals surface area (Å²) in [7, 11) is 1.66. The summed E-state index contributed by atoms with van der Waals surface area (Å²) < 4.78 is 6.12. The maximum Gasteiger partial charge on any atom is 0.251 e. The number of fused-ring (bicyclic) bond motifs is 1. The van der Waals surface area contributed by atoms with Crippen LogP contribution < -0.4 is 10.1 Å². The van der Waals surface area contributed by atoms with E-state index in [1.54, 1.807) is 13.2 Å². The number of rotatable bonds is 4. The smallest absolute Gasteiger partial charge is 0.251 e. The van der Waals surface area contributed by atoms with Gasteiger partial charge in [-0.25, -0.2) is 0 Å². The van der Waals surface area contributed by atoms with E-state index in [1.165, 1.54) is 0 Å². The molecule has 3 aromatic rings. The summed E-state index contributed by atoms with van der Waals surface area (Å²) in [5, 5.41) is 5.19. The summed E-state index contributed by atoms with van der Waals surface area (Å²) in [5.41, 5.74) is 1.70. The van der Waals surface area contributed by atoms with Gasteiger partial charge in [0.05, 0.1) is 7.11 Å². The topological polar surface area (TPSA) is 38.3 Å². The first-order valence-corrected chi connectivity index (χ1v) is 8.05. The van der Waals surface area contributed by atoms with Crippen molar-refractivity contribution in [3.8, 4) is 5.75 Å². The van der Waals surface area contributed by atoms with E-state index in [9.17, 15) is 4.79 Å². The lowest BCUT2D eigenvalue weighted by molar-refractivity contribution is 0.0951. The number of halogens is 1. The highest BCUT2D eigenvalue weighted by molar-refractivity contribution is 9.10. The number of ether oxygens (including phenoxy) is 1. The Labute approximate surface area is 143 Å². The van der Waals surface area contributed by atoms with Crippen LogP contribution in [0.3, 0.4) is 0 Å². The summed E-state index contributed by atoms with van der Waals surface area (Å²) in [6.07, 6.45) is 0. The van der Waals surface area contributed by atoms with Crippen molar-refractivity contribution < 1.29 is 9.53 Å². The minimum Gasteiger partial charge on any atom is -0.497 e. The van der Waals surface area contributed by atoms with Crippen LogP contribution in [-0.2, 0) is 6.54 Å². The molecule has 0 saturated heterocycles. The van der Waals surface area contributed by atoms with Crippen LogP contribution in [0.25, 0.3) is 10.8 Å². The van der Waals surface area contributed by atoms with E-state index in [2.05, 4.69) is 27.3 Å². The maximum absolute atomic E-state index is 12.2. The quantitative estimate of drug-likeness (QED) is 0.732. The molecule has 3 aromatic carbocycles. The second-order valence-corrected chi connectivity index (χ2v) is 6.16. The molecule has 23 heavy (non-hydrogen) atoms. The molecule has 0 aliphatic heterocycles. The molecule has 3 nitrogen and oxygen atoms in total. The van der Waals surface area contributed by atoms with Crippen molar-refractivity contribution in [2.24, 2.45) is 0 Å². The van der Waals surface area contributed by atoms with Crippen molar-refractivity contribution in [3.05, 3.63) is 76.3 Å². The number of carbonyl (C=O) groups is 1. The van der Waals surface area contributed by atoms with Crippen LogP contribution in [0.2, 0.25) is 0 Å². The molecule has 0 radical (unpaired) electrons. The fourth-order valence-electron chi connectivity index (χ4n) is 2.42. The summed E-state index contributed by atoms with van der Waals surface area (Å²) in [6.45, 7) is 0.493. The third-order valence-electron chi connectivity index (χ3n) is 3.65. The van der Waals surface area contributed by atoms with Gasteiger partial charge in [0, 0.05) is 16.6 Å². The molecule has 0 spiro atoms. The van der Waals surface area contributed by atoms with Gasteiger partial charge in [0.25, 0.3) is 5.91 Å². The van der Waals surface area contributed by atoms with Crippen molar-refractivity contribution in [1.29, 1.82) is 0 Å². The Balaban J connectivity index is 1.73. The lowest BCUT2D eigenvalue weighted by atomic mass is 10.1. The van der Waals surface area contributed by atoms with E-state index < -0.39 is 0 Å². The van der Waals surface area contributed by atoms with Crippen LogP contribution in [-0.4, -0.2) is 13.0 Å². The van der Waals surface area contributed by atoms with E-state index in [0.717, 1.165) is 26.6 Å². The molecular weight excluding hydrogens is 354 g/mol. The molecule has 0 aliphatic carbocycles. The van der Waals surface area contributed by atoms with Gasteiger partial charge in [-0.15, -0.1) is 0 Å². The van der Waals surface area contributed by atoms with Crippen LogP contribution in [0.15, 0.2) is 65.1 Å². The number of methoxy groups -OCH3 is 1. The first-order valence-electron chi connectivity index (χ1n) is 7.26. The van der Waals surface area contributed by atoms with Crippen LogP contribution in [0, 0.1) is 0 Å². The predicted octanol–water partition coefficient (Wildman–Crippen LogP) is 4.54. The standard InChI is InChI=1S/C19H16BrNO2/c1-23-18-8-7-14-9-13(5-6-15(14)11-18)12-21-19(22)16-3-2-4-17(20)10-16/h2-11H,12H2,1H3,(H,21,22). The van der Waals surface area contributed by atoms with E-state index in [4.69, 9.17) is 4.74 Å². The monoisotopic (exact) mass is 369 g/mol. The van der Waals surface area contributed by atoms with Gasteiger partial charge < -0.3 is 10.1 Å². The van der Waals surface area contributed by atoms with Gasteiger partial charge in [0.15, 0.2) is 0 Å². The van der Waals surface area contributed by atoms with Gasteiger partial charge in [-0.1, -0.05) is 40.2 Å². The molecule has 0 heterocycles. The Morgan fingerprint density at radius 2 is 1.83 bits per heavy atom. The lowest BCUT2D eigenvalue weighted by Crippen LogP contribution is -2.22. The number of nitrogens with one attached hydrogen (secondary N) is 1. The van der Waals surface area contributed by atoms with Crippen molar-refractivity contribution in [1.82, 2.24) is 5.32 Å². The zero-order valence-electron chi connectivity index (χ0n) is 12.7. The third-order valence-corrected chi connectivity index (χ3v) is 4.14. The number of amides is 1. The minimum atomic E-state index is -0.0823. The molecule has 0 fully saturated rings. The summed E-state index contributed by atoms with van der Waals surface area (Å²) in [5.74, 6) is 0.759. The summed E-state index contributed by atoms with van der Waals surface area (Å²) in [4.78, 5) is 12.2. The Hall–Kier alpha value is -2.33. The lowest BCUT2D eigenvalue weighted by Gasteiger charge is -2.08. The Bertz CT molecular complexity index is 861. The van der Waals surface area contributed by atoms with Crippen LogP contribution >= 0.6 is 15.9 Å². The van der Waals surface area contributed by atoms with Crippen molar-refractivity contribution in [3.63, 3.8) is 0 Å². The average Bonchev–Trinajstić information content (AvgIpc) is 2.59. The van der Waals surface area contributed by atoms with Gasteiger partial charge in [-0.05, 0) is 52.7 Å². The largest absolute Gasteiger partial charge is 0.497 e. The fourth-order valence-corrected chi connectivity index (χ4v) is 2.82. The molecule has 116 valence electrons. The molecule has 4 heteroatoms. The van der Waals surface area contributed by atoms with Crippen molar-refractivity contribution in [2.45, 2.75) is 6.54 Å². The third kappa shape index (κ3) is 3.71. The molecule has 1 amide bonds. The van der Waals surface area contributed by atoms with Gasteiger partial charge in [0.2, 0.25) is 0 Å². The van der Waals surface area contributed by atoms with E-state index in [0.29, 0.717) is 12.1 Å². The zero-order chi connectivity index (χ0) is 16.2. The van der Waals surface area contributed by atoms with Crippen LogP contribution in [0.5, 0.6) is 5.75 Å². The first-order chi connectivity index (χ1) is 11.2. The van der Waals surface area contributed by atoms with Gasteiger partial charge in [0.1, 0.15) is 5.75 Å². The van der Waals surface area contributed by atoms with Gasteiger partial charge >= 0.3 is 0 Å². The fraction of sp³-hybridized carbons (Fsp3) is 0.105. The Morgan fingerprint density at radius 3 is 2.61 bits per heavy atom. The average molecular weight is 370 g/mol. The van der Waals surface area contributed by atoms with E-state index in [-0.39, 0.29) is 5.91 Å². The van der Waals surface area contributed by atoms with E-state index >= 15 is 0 Å². The number of benzene rings is 3. The zero-order valence-corrected chi connectivity index (χ0v) is 14.3. The van der Waals surface area contributed by atoms with Crippen molar-refractivity contribution >= 4 is 32.6 Å². The highest BCUT2D eigenvalue weighted by atomic mass is 79.9. The van der Waals surface area contributed by atoms with Crippen molar-refractivity contribution in [2.75, 3.05) is 7.11 Å². The summed E-state index contributed by atoms with van der Waals surface area (Å²) in [6, 6.07) is 19.4. The van der Waals surface area contributed by atoms with E-state index in [1.807, 2.05) is 48.5 Å². The predicted molar refractivity (Wildman–Crippen MR) is 95.8 cm³/mol. The molecule has 1 N–H and O–H groups in total. The molecular formula is C19H16BrNO2. The van der Waals surface area contributed by atoms with Crippen LogP contribution in [0.1, 0.15) is 15.9 Å². The molecule has 3 rings (SSSR count). The maximum atomic E-state index is 12.2. The molecule has 0 aromatic heterocycles. The molecule has 0 saturated carbocycles. The Morgan fingerprint density at radius 1 is 1.04 bits per heavy atom. The molecule has 0 unspecified atom stereocenters. The number of carbonyl (C=O) groups excluding carboxylic acids is 1. The number of hydrogen-bond acceptors (Lipinski definition) is 2. The second-order valence-electron chi connectivity index (χ2n) is 5.24. The normalized spacial score (nSPS) is 10.5. The molecule has 0 aliphatic rings. The molecule has 0 bridgehead atoms.